The van der Waals surface area contributed by atoms with Gasteiger partial charge in [-0.15, -0.1) is 0 Å². The molecule has 0 bridgehead atoms. The third-order valence-electron chi connectivity index (χ3n) is 3.65. The highest BCUT2D eigenvalue weighted by Crippen LogP contribution is 2.23. The zero-order valence-electron chi connectivity index (χ0n) is 11.7. The maximum Gasteiger partial charge on any atom is 0.123 e. The normalized spacial score (nSPS) is 12.4. The van der Waals surface area contributed by atoms with E-state index in [4.69, 9.17) is 0 Å². The van der Waals surface area contributed by atoms with Crippen LogP contribution >= 0.6 is 0 Å². The molecule has 0 amide bonds. The molecule has 0 saturated heterocycles. The summed E-state index contributed by atoms with van der Waals surface area (Å²) < 4.78 is 13.4. The fraction of sp³-hybridized carbons (Fsp3) is 0.294. The Morgan fingerprint density at radius 1 is 1.05 bits per heavy atom. The van der Waals surface area contributed by atoms with Crippen molar-refractivity contribution < 1.29 is 4.39 Å². The van der Waals surface area contributed by atoms with Crippen LogP contribution in [-0.4, -0.2) is 7.05 Å². The Balaban J connectivity index is 2.30. The average molecular weight is 257 g/mol. The van der Waals surface area contributed by atoms with E-state index < -0.39 is 0 Å². The fourth-order valence-electron chi connectivity index (χ4n) is 2.41. The predicted octanol–water partition coefficient (Wildman–Crippen LogP) is 3.95. The largest absolute Gasteiger partial charge is 0.313 e. The minimum Gasteiger partial charge on any atom is -0.313 e. The smallest absolute Gasteiger partial charge is 0.123 e. The summed E-state index contributed by atoms with van der Waals surface area (Å²) in [6.07, 6.45) is 0.869. The summed E-state index contributed by atoms with van der Waals surface area (Å²) in [6, 6.07) is 13.5. The average Bonchev–Trinajstić information content (AvgIpc) is 2.41. The van der Waals surface area contributed by atoms with Gasteiger partial charge in [0.15, 0.2) is 0 Å². The molecule has 0 aromatic heterocycles. The number of benzene rings is 2. The molecule has 0 aliphatic heterocycles. The monoisotopic (exact) mass is 257 g/mol. The molecule has 0 heterocycles. The minimum absolute atomic E-state index is 0.136. The van der Waals surface area contributed by atoms with Crippen molar-refractivity contribution in [3.8, 4) is 0 Å². The van der Waals surface area contributed by atoms with Crippen LogP contribution in [0.3, 0.4) is 0 Å². The van der Waals surface area contributed by atoms with Crippen LogP contribution in [-0.2, 0) is 6.42 Å². The highest BCUT2D eigenvalue weighted by molar-refractivity contribution is 5.33. The lowest BCUT2D eigenvalue weighted by atomic mass is 9.93. The molecule has 0 saturated carbocycles. The maximum atomic E-state index is 13.4. The van der Waals surface area contributed by atoms with Crippen LogP contribution in [0.2, 0.25) is 0 Å². The summed E-state index contributed by atoms with van der Waals surface area (Å²) in [7, 11) is 1.92. The van der Waals surface area contributed by atoms with Crippen molar-refractivity contribution in [3.63, 3.8) is 0 Å². The van der Waals surface area contributed by atoms with Crippen LogP contribution in [0.1, 0.15) is 28.3 Å². The number of rotatable bonds is 4. The van der Waals surface area contributed by atoms with E-state index in [1.54, 1.807) is 6.07 Å². The number of nitrogens with one attached hydrogen (secondary N) is 1. The van der Waals surface area contributed by atoms with E-state index in [-0.39, 0.29) is 11.9 Å². The van der Waals surface area contributed by atoms with E-state index >= 15 is 0 Å². The zero-order chi connectivity index (χ0) is 13.8. The molecule has 1 N–H and O–H groups in total. The lowest BCUT2D eigenvalue weighted by Crippen LogP contribution is -2.20. The second-order valence-electron chi connectivity index (χ2n) is 4.97. The maximum absolute atomic E-state index is 13.4. The van der Waals surface area contributed by atoms with Gasteiger partial charge in [-0.3, -0.25) is 0 Å². The van der Waals surface area contributed by atoms with Crippen LogP contribution in [0.25, 0.3) is 0 Å². The molecule has 2 aromatic carbocycles. The lowest BCUT2D eigenvalue weighted by Gasteiger charge is -2.20. The van der Waals surface area contributed by atoms with Crippen molar-refractivity contribution in [1.82, 2.24) is 5.32 Å². The molecule has 2 rings (SSSR count). The molecule has 100 valence electrons. The molecular formula is C17H20FN. The molecular weight excluding hydrogens is 237 g/mol. The van der Waals surface area contributed by atoms with Gasteiger partial charge in [-0.2, -0.15) is 0 Å². The van der Waals surface area contributed by atoms with E-state index in [1.165, 1.54) is 17.2 Å². The number of aryl methyl sites for hydroxylation is 2. The van der Waals surface area contributed by atoms with Gasteiger partial charge in [0.05, 0.1) is 0 Å². The fourth-order valence-corrected chi connectivity index (χ4v) is 2.41. The van der Waals surface area contributed by atoms with Gasteiger partial charge in [0.2, 0.25) is 0 Å². The Labute approximate surface area is 114 Å². The lowest BCUT2D eigenvalue weighted by molar-refractivity contribution is 0.573. The molecule has 2 aromatic rings. The van der Waals surface area contributed by atoms with Gasteiger partial charge in [-0.1, -0.05) is 30.3 Å². The molecule has 1 nitrogen and oxygen atoms in total. The summed E-state index contributed by atoms with van der Waals surface area (Å²) in [6.45, 7) is 4.14. The molecule has 19 heavy (non-hydrogen) atoms. The molecule has 2 heteroatoms. The third kappa shape index (κ3) is 3.21. The first-order valence-electron chi connectivity index (χ1n) is 6.59. The topological polar surface area (TPSA) is 12.0 Å². The Hall–Kier alpha value is -1.67. The second kappa shape index (κ2) is 5.98. The van der Waals surface area contributed by atoms with E-state index in [2.05, 4.69) is 24.4 Å². The van der Waals surface area contributed by atoms with E-state index in [9.17, 15) is 4.39 Å². The summed E-state index contributed by atoms with van der Waals surface area (Å²) >= 11 is 0. The van der Waals surface area contributed by atoms with Crippen LogP contribution in [0.5, 0.6) is 0 Å². The number of halogens is 1. The van der Waals surface area contributed by atoms with Gasteiger partial charge in [-0.05, 0) is 61.7 Å². The van der Waals surface area contributed by atoms with Gasteiger partial charge >= 0.3 is 0 Å². The summed E-state index contributed by atoms with van der Waals surface area (Å²) in [5, 5.41) is 3.30. The quantitative estimate of drug-likeness (QED) is 0.874. The standard InChI is InChI=1S/C17H20FN/c1-12-6-4-5-7-14(12)10-17(19-3)16-11-15(18)9-8-13(16)2/h4-9,11,17,19H,10H2,1-3H3. The third-order valence-corrected chi connectivity index (χ3v) is 3.65. The first-order valence-corrected chi connectivity index (χ1v) is 6.59. The Morgan fingerprint density at radius 2 is 1.79 bits per heavy atom. The van der Waals surface area contributed by atoms with Crippen molar-refractivity contribution in [3.05, 3.63) is 70.5 Å². The van der Waals surface area contributed by atoms with Gasteiger partial charge in [-0.25, -0.2) is 4.39 Å². The van der Waals surface area contributed by atoms with Crippen molar-refractivity contribution in [1.29, 1.82) is 0 Å². The Morgan fingerprint density at radius 3 is 2.47 bits per heavy atom. The van der Waals surface area contributed by atoms with Gasteiger partial charge < -0.3 is 5.32 Å². The molecule has 0 fully saturated rings. The second-order valence-corrected chi connectivity index (χ2v) is 4.97. The van der Waals surface area contributed by atoms with Crippen molar-refractivity contribution in [2.45, 2.75) is 26.3 Å². The molecule has 0 radical (unpaired) electrons. The molecule has 0 spiro atoms. The summed E-state index contributed by atoms with van der Waals surface area (Å²) in [5.74, 6) is -0.175. The first kappa shape index (κ1) is 13.8. The molecule has 1 atom stereocenters. The van der Waals surface area contributed by atoms with Crippen molar-refractivity contribution in [2.75, 3.05) is 7.05 Å². The van der Waals surface area contributed by atoms with E-state index in [0.717, 1.165) is 17.5 Å². The van der Waals surface area contributed by atoms with Crippen molar-refractivity contribution >= 4 is 0 Å². The Kier molecular flexibility index (Phi) is 4.33. The zero-order valence-corrected chi connectivity index (χ0v) is 11.7. The van der Waals surface area contributed by atoms with E-state index in [1.807, 2.05) is 32.2 Å². The Bertz CT molecular complexity index is 563. The van der Waals surface area contributed by atoms with Crippen molar-refractivity contribution in [2.24, 2.45) is 0 Å². The van der Waals surface area contributed by atoms with Crippen LogP contribution in [0.4, 0.5) is 4.39 Å². The number of likely N-dealkylation sites (N-methyl/N-ethyl adjacent to an activating group) is 1. The summed E-state index contributed by atoms with van der Waals surface area (Å²) in [5.41, 5.74) is 4.72. The van der Waals surface area contributed by atoms with Crippen LogP contribution in [0.15, 0.2) is 42.5 Å². The molecule has 1 unspecified atom stereocenters. The molecule has 0 aliphatic carbocycles. The van der Waals surface area contributed by atoms with E-state index in [0.29, 0.717) is 0 Å². The van der Waals surface area contributed by atoms with Gasteiger partial charge in [0, 0.05) is 6.04 Å². The van der Waals surface area contributed by atoms with Gasteiger partial charge in [0.1, 0.15) is 5.82 Å². The first-order chi connectivity index (χ1) is 9.11. The van der Waals surface area contributed by atoms with Gasteiger partial charge in [0.25, 0.3) is 0 Å². The number of hydrogen-bond donors (Lipinski definition) is 1. The highest BCUT2D eigenvalue weighted by atomic mass is 19.1. The van der Waals surface area contributed by atoms with Crippen LogP contribution < -0.4 is 5.32 Å². The molecule has 0 aliphatic rings. The number of hydrogen-bond acceptors (Lipinski definition) is 1. The minimum atomic E-state index is -0.175. The predicted molar refractivity (Wildman–Crippen MR) is 77.8 cm³/mol. The summed E-state index contributed by atoms with van der Waals surface area (Å²) in [4.78, 5) is 0. The SMILES string of the molecule is CNC(Cc1ccccc1C)c1cc(F)ccc1C. The highest BCUT2D eigenvalue weighted by Gasteiger charge is 2.14. The van der Waals surface area contributed by atoms with Crippen LogP contribution in [0, 0.1) is 19.7 Å².